The van der Waals surface area contributed by atoms with Gasteiger partial charge in [-0.2, -0.15) is 0 Å². The van der Waals surface area contributed by atoms with Crippen LogP contribution in [0.3, 0.4) is 0 Å². The Morgan fingerprint density at radius 2 is 2.00 bits per heavy atom. The third-order valence-corrected chi connectivity index (χ3v) is 3.44. The van der Waals surface area contributed by atoms with E-state index in [2.05, 4.69) is 0 Å². The molecule has 1 saturated carbocycles. The van der Waals surface area contributed by atoms with E-state index in [1.165, 1.54) is 0 Å². The summed E-state index contributed by atoms with van der Waals surface area (Å²) in [7, 11) is 0. The lowest BCUT2D eigenvalue weighted by molar-refractivity contribution is -0.157. The number of halogens is 2. The average molecular weight is 268 g/mol. The number of rotatable bonds is 5. The number of ketones is 1. The topological polar surface area (TPSA) is 43.4 Å². The van der Waals surface area contributed by atoms with Crippen LogP contribution in [0.5, 0.6) is 0 Å². The second-order valence-corrected chi connectivity index (χ2v) is 4.52. The summed E-state index contributed by atoms with van der Waals surface area (Å²) < 4.78 is 30.2. The molecule has 0 aromatic heterocycles. The molecule has 1 aromatic carbocycles. The molecular formula is C14H14F2O3. The van der Waals surface area contributed by atoms with Gasteiger partial charge < -0.3 is 4.74 Å². The molecule has 1 aromatic rings. The van der Waals surface area contributed by atoms with Gasteiger partial charge >= 0.3 is 5.97 Å². The van der Waals surface area contributed by atoms with E-state index >= 15 is 0 Å². The van der Waals surface area contributed by atoms with E-state index in [1.54, 1.807) is 37.3 Å². The molecule has 0 amide bonds. The van der Waals surface area contributed by atoms with Crippen LogP contribution >= 0.6 is 0 Å². The van der Waals surface area contributed by atoms with E-state index in [-0.39, 0.29) is 13.0 Å². The minimum Gasteiger partial charge on any atom is -0.465 e. The fourth-order valence-electron chi connectivity index (χ4n) is 2.40. The van der Waals surface area contributed by atoms with Gasteiger partial charge in [0, 0.05) is 5.92 Å². The van der Waals surface area contributed by atoms with Gasteiger partial charge in [-0.25, -0.2) is 8.78 Å². The van der Waals surface area contributed by atoms with Gasteiger partial charge in [-0.3, -0.25) is 9.59 Å². The van der Waals surface area contributed by atoms with Crippen molar-refractivity contribution in [1.82, 2.24) is 0 Å². The molecule has 1 fully saturated rings. The highest BCUT2D eigenvalue weighted by molar-refractivity contribution is 6.09. The van der Waals surface area contributed by atoms with E-state index < -0.39 is 29.5 Å². The predicted molar refractivity (Wildman–Crippen MR) is 63.9 cm³/mol. The number of benzene rings is 1. The van der Waals surface area contributed by atoms with Crippen molar-refractivity contribution in [3.63, 3.8) is 0 Å². The van der Waals surface area contributed by atoms with Crippen LogP contribution in [-0.4, -0.2) is 24.8 Å². The predicted octanol–water partition coefficient (Wildman–Crippen LogP) is 2.56. The third kappa shape index (κ3) is 2.25. The minimum absolute atomic E-state index is 0.0681. The van der Waals surface area contributed by atoms with Crippen molar-refractivity contribution in [3.05, 3.63) is 35.9 Å². The van der Waals surface area contributed by atoms with E-state index in [4.69, 9.17) is 4.74 Å². The molecule has 2 atom stereocenters. The van der Waals surface area contributed by atoms with Gasteiger partial charge in [0.1, 0.15) is 5.41 Å². The number of ether oxygens (including phenoxy) is 1. The molecule has 0 saturated heterocycles. The molecule has 2 rings (SSSR count). The summed E-state index contributed by atoms with van der Waals surface area (Å²) in [5, 5.41) is 0. The molecule has 1 aliphatic rings. The Kier molecular flexibility index (Phi) is 3.64. The Balaban J connectivity index is 2.30. The molecule has 0 spiro atoms. The smallest absolute Gasteiger partial charge is 0.320 e. The molecule has 0 N–H and O–H groups in total. The number of carbonyl (C=O) groups is 2. The monoisotopic (exact) mass is 268 g/mol. The zero-order valence-corrected chi connectivity index (χ0v) is 10.4. The molecule has 0 aliphatic heterocycles. The summed E-state index contributed by atoms with van der Waals surface area (Å²) in [5.41, 5.74) is -0.976. The van der Waals surface area contributed by atoms with Crippen molar-refractivity contribution in [2.45, 2.75) is 25.7 Å². The van der Waals surface area contributed by atoms with E-state index in [0.717, 1.165) is 0 Å². The van der Waals surface area contributed by atoms with Crippen molar-refractivity contribution in [2.24, 2.45) is 5.41 Å². The van der Waals surface area contributed by atoms with Gasteiger partial charge in [-0.15, -0.1) is 0 Å². The lowest BCUT2D eigenvalue weighted by Crippen LogP contribution is -2.34. The summed E-state index contributed by atoms with van der Waals surface area (Å²) in [4.78, 5) is 23.6. The first-order valence-corrected chi connectivity index (χ1v) is 6.08. The molecule has 0 bridgehead atoms. The van der Waals surface area contributed by atoms with E-state index in [9.17, 15) is 18.4 Å². The molecule has 1 aliphatic carbocycles. The Morgan fingerprint density at radius 3 is 2.53 bits per heavy atom. The summed E-state index contributed by atoms with van der Waals surface area (Å²) in [5.74, 6) is -2.68. The van der Waals surface area contributed by atoms with Crippen LogP contribution in [-0.2, 0) is 14.3 Å². The van der Waals surface area contributed by atoms with Crippen molar-refractivity contribution < 1.29 is 23.1 Å². The van der Waals surface area contributed by atoms with E-state index in [0.29, 0.717) is 5.56 Å². The molecule has 102 valence electrons. The highest BCUT2D eigenvalue weighted by Gasteiger charge is 2.68. The highest BCUT2D eigenvalue weighted by Crippen LogP contribution is 2.61. The quantitative estimate of drug-likeness (QED) is 0.609. The van der Waals surface area contributed by atoms with Crippen molar-refractivity contribution >= 4 is 11.8 Å². The normalized spacial score (nSPS) is 25.2. The molecule has 0 heterocycles. The summed E-state index contributed by atoms with van der Waals surface area (Å²) in [6.45, 7) is 1.65. The lowest BCUT2D eigenvalue weighted by atomic mass is 9.94. The minimum atomic E-state index is -3.15. The van der Waals surface area contributed by atoms with Gasteiger partial charge in [0.25, 0.3) is 6.43 Å². The molecule has 19 heavy (non-hydrogen) atoms. The van der Waals surface area contributed by atoms with Gasteiger partial charge in [-0.05, 0) is 18.9 Å². The van der Waals surface area contributed by atoms with Crippen LogP contribution in [0.25, 0.3) is 0 Å². The fraction of sp³-hybridized carbons (Fsp3) is 0.429. The summed E-state index contributed by atoms with van der Waals surface area (Å²) >= 11 is 0. The first kappa shape index (κ1) is 13.6. The standard InChI is InChI=1S/C14H14F2O3/c1-2-19-13(18)14(11(17)12(15)16)8-10(14)9-6-4-3-5-7-9/h3-7,10,12H,2,8H2,1H3. The van der Waals surface area contributed by atoms with Crippen LogP contribution in [0.1, 0.15) is 24.8 Å². The highest BCUT2D eigenvalue weighted by atomic mass is 19.3. The molecule has 2 unspecified atom stereocenters. The number of carbonyl (C=O) groups excluding carboxylic acids is 2. The average Bonchev–Trinajstić information content (AvgIpc) is 3.16. The fourth-order valence-corrected chi connectivity index (χ4v) is 2.40. The van der Waals surface area contributed by atoms with E-state index in [1.807, 2.05) is 0 Å². The molecule has 3 nitrogen and oxygen atoms in total. The van der Waals surface area contributed by atoms with Crippen molar-refractivity contribution in [2.75, 3.05) is 6.61 Å². The Labute approximate surface area is 109 Å². The second kappa shape index (κ2) is 5.07. The van der Waals surface area contributed by atoms with Crippen LogP contribution < -0.4 is 0 Å². The third-order valence-electron chi connectivity index (χ3n) is 3.44. The Hall–Kier alpha value is -1.78. The first-order valence-electron chi connectivity index (χ1n) is 6.08. The van der Waals surface area contributed by atoms with Crippen molar-refractivity contribution in [3.8, 4) is 0 Å². The van der Waals surface area contributed by atoms with Crippen LogP contribution in [0.4, 0.5) is 8.78 Å². The zero-order valence-electron chi connectivity index (χ0n) is 10.4. The number of hydrogen-bond acceptors (Lipinski definition) is 3. The molecule has 0 radical (unpaired) electrons. The number of esters is 1. The van der Waals surface area contributed by atoms with Gasteiger partial charge in [0.15, 0.2) is 0 Å². The van der Waals surface area contributed by atoms with Crippen LogP contribution in [0, 0.1) is 5.41 Å². The Morgan fingerprint density at radius 1 is 1.37 bits per heavy atom. The van der Waals surface area contributed by atoms with Gasteiger partial charge in [-0.1, -0.05) is 30.3 Å². The van der Waals surface area contributed by atoms with Crippen LogP contribution in [0.15, 0.2) is 30.3 Å². The maximum atomic E-state index is 12.7. The summed E-state index contributed by atoms with van der Waals surface area (Å²) in [6.07, 6.45) is -3.06. The SMILES string of the molecule is CCOC(=O)C1(C(=O)C(F)F)CC1c1ccccc1. The second-order valence-electron chi connectivity index (χ2n) is 4.52. The largest absolute Gasteiger partial charge is 0.465 e. The molecule has 5 heteroatoms. The number of Topliss-reactive ketones (excluding diaryl/α,β-unsaturated/α-hetero) is 1. The van der Waals surface area contributed by atoms with Crippen molar-refractivity contribution in [1.29, 1.82) is 0 Å². The zero-order chi connectivity index (χ0) is 14.0. The maximum Gasteiger partial charge on any atom is 0.320 e. The summed E-state index contributed by atoms with van der Waals surface area (Å²) in [6, 6.07) is 8.73. The molecular weight excluding hydrogens is 254 g/mol. The van der Waals surface area contributed by atoms with Gasteiger partial charge in [0.05, 0.1) is 6.61 Å². The Bertz CT molecular complexity index is 487. The van der Waals surface area contributed by atoms with Gasteiger partial charge in [0.2, 0.25) is 5.78 Å². The number of alkyl halides is 2. The number of hydrogen-bond donors (Lipinski definition) is 0. The maximum absolute atomic E-state index is 12.7. The first-order chi connectivity index (χ1) is 9.04. The van der Waals surface area contributed by atoms with Crippen LogP contribution in [0.2, 0.25) is 0 Å². The lowest BCUT2D eigenvalue weighted by Gasteiger charge is -2.14.